The molecular weight excluding hydrogens is 650 g/mol. The van der Waals surface area contributed by atoms with Crippen molar-refractivity contribution in [3.05, 3.63) is 30.4 Å². The maximum atomic E-state index is 14.2. The number of hydrogen-bond donors (Lipinski definition) is 0. The molecule has 3 heterocycles. The van der Waals surface area contributed by atoms with Crippen molar-refractivity contribution in [3.63, 3.8) is 0 Å². The molecule has 2 aliphatic heterocycles. The SMILES string of the molecule is CCC1OC(=O)C(C)C(=O)C(C)C(O[C@@H]2O[C@H](C)C[C@H](N(C)C)[C@H]2OC(C)=O)C(C)(OC)CC(C)C(=O)C(C)=CC1(C)OC(=O)n1ccnc1. The third-order valence-corrected chi connectivity index (χ3v) is 9.93. The maximum absolute atomic E-state index is 14.2. The number of cyclic esters (lactones) is 1. The summed E-state index contributed by atoms with van der Waals surface area (Å²) in [5.41, 5.74) is -2.62. The van der Waals surface area contributed by atoms with Crippen LogP contribution in [0.2, 0.25) is 0 Å². The molecule has 1 fully saturated rings. The van der Waals surface area contributed by atoms with Crippen LogP contribution >= 0.6 is 0 Å². The Hall–Kier alpha value is -3.46. The van der Waals surface area contributed by atoms with Crippen LogP contribution in [-0.4, -0.2) is 113 Å². The van der Waals surface area contributed by atoms with Crippen molar-refractivity contribution in [3.8, 4) is 0 Å². The van der Waals surface area contributed by atoms with Gasteiger partial charge in [-0.25, -0.2) is 14.3 Å². The van der Waals surface area contributed by atoms with Crippen LogP contribution in [0.15, 0.2) is 30.4 Å². The van der Waals surface area contributed by atoms with Gasteiger partial charge in [-0.3, -0.25) is 19.2 Å². The number of hydrogen-bond acceptors (Lipinski definition) is 13. The molecular formula is C36H55N3O11. The molecule has 0 aliphatic carbocycles. The molecule has 11 atom stereocenters. The zero-order valence-electron chi connectivity index (χ0n) is 31.5. The second-order valence-electron chi connectivity index (χ2n) is 14.3. The number of imidazole rings is 1. The highest BCUT2D eigenvalue weighted by Gasteiger charge is 2.51. The lowest BCUT2D eigenvalue weighted by Crippen LogP contribution is -2.60. The first-order valence-corrected chi connectivity index (χ1v) is 17.2. The van der Waals surface area contributed by atoms with E-state index in [0.717, 1.165) is 4.57 Å². The first-order valence-electron chi connectivity index (χ1n) is 17.2. The topological polar surface area (TPSA) is 162 Å². The van der Waals surface area contributed by atoms with Gasteiger partial charge in [-0.05, 0) is 79.6 Å². The molecule has 280 valence electrons. The Morgan fingerprint density at radius 1 is 1.12 bits per heavy atom. The molecule has 1 saturated heterocycles. The number of ketones is 2. The van der Waals surface area contributed by atoms with Gasteiger partial charge >= 0.3 is 18.0 Å². The average Bonchev–Trinajstić information content (AvgIpc) is 3.60. The van der Waals surface area contributed by atoms with Crippen LogP contribution in [0.5, 0.6) is 0 Å². The van der Waals surface area contributed by atoms with E-state index in [0.29, 0.717) is 6.42 Å². The van der Waals surface area contributed by atoms with Crippen LogP contribution in [0.3, 0.4) is 0 Å². The molecule has 2 aliphatic rings. The summed E-state index contributed by atoms with van der Waals surface area (Å²) in [5, 5.41) is 0. The van der Waals surface area contributed by atoms with Crippen LogP contribution in [0.25, 0.3) is 0 Å². The Labute approximate surface area is 295 Å². The Kier molecular flexibility index (Phi) is 13.7. The van der Waals surface area contributed by atoms with Crippen LogP contribution < -0.4 is 0 Å². The van der Waals surface area contributed by atoms with Crippen molar-refractivity contribution >= 4 is 29.6 Å². The van der Waals surface area contributed by atoms with Crippen molar-refractivity contribution in [2.75, 3.05) is 21.2 Å². The van der Waals surface area contributed by atoms with Gasteiger partial charge in [0.2, 0.25) is 0 Å². The number of ether oxygens (including phenoxy) is 6. The van der Waals surface area contributed by atoms with Gasteiger partial charge in [-0.15, -0.1) is 0 Å². The summed E-state index contributed by atoms with van der Waals surface area (Å²) in [5.74, 6) is -5.09. The van der Waals surface area contributed by atoms with Crippen molar-refractivity contribution in [2.45, 2.75) is 130 Å². The number of esters is 2. The maximum Gasteiger partial charge on any atom is 0.420 e. The van der Waals surface area contributed by atoms with Crippen LogP contribution in [-0.2, 0) is 47.6 Å². The number of nitrogens with zero attached hydrogens (tertiary/aromatic N) is 3. The fourth-order valence-corrected chi connectivity index (χ4v) is 7.10. The minimum absolute atomic E-state index is 0.0922. The first kappa shape index (κ1) is 41.0. The third kappa shape index (κ3) is 9.25. The van der Waals surface area contributed by atoms with Gasteiger partial charge < -0.3 is 33.3 Å². The van der Waals surface area contributed by atoms with Crippen molar-refractivity contribution < 1.29 is 52.4 Å². The second-order valence-corrected chi connectivity index (χ2v) is 14.3. The predicted molar refractivity (Wildman–Crippen MR) is 181 cm³/mol. The molecule has 1 aromatic rings. The van der Waals surface area contributed by atoms with E-state index in [1.54, 1.807) is 41.5 Å². The fourth-order valence-electron chi connectivity index (χ4n) is 7.10. The lowest BCUT2D eigenvalue weighted by Gasteiger charge is -2.47. The number of carbonyl (C=O) groups is 5. The standard InChI is InChI=1S/C36H55N3O11/c1-13-27-35(8,50-34(44)39-15-14-37-19-39)17-20(2)28(41)21(3)18-36(9,45-12)31(23(5)29(42)24(6)32(43)48-27)49-33-30(47-25(7)40)26(38(10)11)16-22(4)46-33/h14-15,17,19,21-24,26-27,30-31,33H,13,16,18H2,1-12H3/t21?,22-,23?,24?,26+,27?,30-,31?,33+,35?,36?/m1/s1. The van der Waals surface area contributed by atoms with E-state index >= 15 is 0 Å². The zero-order chi connectivity index (χ0) is 37.7. The molecule has 0 spiro atoms. The van der Waals surface area contributed by atoms with Gasteiger partial charge in [0.1, 0.15) is 18.3 Å². The van der Waals surface area contributed by atoms with Gasteiger partial charge in [0.15, 0.2) is 29.6 Å². The quantitative estimate of drug-likeness (QED) is 0.226. The predicted octanol–water partition coefficient (Wildman–Crippen LogP) is 4.13. The van der Waals surface area contributed by atoms with E-state index in [1.807, 2.05) is 25.9 Å². The number of methoxy groups -OCH3 is 1. The van der Waals surface area contributed by atoms with Crippen molar-refractivity contribution in [1.29, 1.82) is 0 Å². The molecule has 50 heavy (non-hydrogen) atoms. The van der Waals surface area contributed by atoms with Gasteiger partial charge in [-0.1, -0.05) is 20.8 Å². The molecule has 0 bridgehead atoms. The molecule has 14 heteroatoms. The van der Waals surface area contributed by atoms with Crippen molar-refractivity contribution in [2.24, 2.45) is 17.8 Å². The Bertz CT molecular complexity index is 1410. The van der Waals surface area contributed by atoms with Crippen LogP contribution in [0, 0.1) is 17.8 Å². The Balaban J connectivity index is 2.14. The molecule has 7 unspecified atom stereocenters. The molecule has 0 amide bonds. The van der Waals surface area contributed by atoms with E-state index in [1.165, 1.54) is 45.8 Å². The third-order valence-electron chi connectivity index (χ3n) is 9.93. The van der Waals surface area contributed by atoms with Gasteiger partial charge in [-0.2, -0.15) is 0 Å². The van der Waals surface area contributed by atoms with E-state index in [4.69, 9.17) is 28.4 Å². The van der Waals surface area contributed by atoms with E-state index < -0.39 is 77.4 Å². The summed E-state index contributed by atoms with van der Waals surface area (Å²) in [4.78, 5) is 73.2. The normalized spacial score (nSPS) is 36.3. The largest absolute Gasteiger partial charge is 0.457 e. The Morgan fingerprint density at radius 2 is 1.78 bits per heavy atom. The number of Topliss-reactive ketones (excluding diaryl/α,β-unsaturated/α-hetero) is 2. The molecule has 0 N–H and O–H groups in total. The van der Waals surface area contributed by atoms with Crippen LogP contribution in [0.1, 0.15) is 81.6 Å². The molecule has 0 saturated carbocycles. The highest BCUT2D eigenvalue weighted by Crippen LogP contribution is 2.38. The van der Waals surface area contributed by atoms with Crippen molar-refractivity contribution in [1.82, 2.24) is 14.5 Å². The van der Waals surface area contributed by atoms with E-state index in [-0.39, 0.29) is 36.3 Å². The monoisotopic (exact) mass is 705 g/mol. The molecule has 3 rings (SSSR count). The number of rotatable bonds is 7. The summed E-state index contributed by atoms with van der Waals surface area (Å²) in [6.45, 7) is 14.6. The molecule has 0 aromatic carbocycles. The summed E-state index contributed by atoms with van der Waals surface area (Å²) >= 11 is 0. The minimum atomic E-state index is -1.59. The zero-order valence-corrected chi connectivity index (χ0v) is 31.5. The highest BCUT2D eigenvalue weighted by atomic mass is 16.7. The van der Waals surface area contributed by atoms with E-state index in [2.05, 4.69) is 4.98 Å². The summed E-state index contributed by atoms with van der Waals surface area (Å²) in [7, 11) is 5.20. The smallest absolute Gasteiger partial charge is 0.420 e. The number of allylic oxidation sites excluding steroid dienone is 1. The van der Waals surface area contributed by atoms with Crippen LogP contribution in [0.4, 0.5) is 4.79 Å². The number of aromatic nitrogens is 2. The average molecular weight is 706 g/mol. The first-order chi connectivity index (χ1) is 23.3. The van der Waals surface area contributed by atoms with E-state index in [9.17, 15) is 24.0 Å². The Morgan fingerprint density at radius 3 is 2.32 bits per heavy atom. The number of likely N-dealkylation sites (N-methyl/N-ethyl adjacent to an activating group) is 1. The summed E-state index contributed by atoms with van der Waals surface area (Å²) in [6, 6.07) is -0.267. The van der Waals surface area contributed by atoms with Gasteiger partial charge in [0.25, 0.3) is 0 Å². The fraction of sp³-hybridized carbons (Fsp3) is 0.722. The highest BCUT2D eigenvalue weighted by molar-refractivity contribution is 6.00. The van der Waals surface area contributed by atoms with Gasteiger partial charge in [0, 0.05) is 38.3 Å². The second kappa shape index (κ2) is 16.7. The molecule has 1 aromatic heterocycles. The summed E-state index contributed by atoms with van der Waals surface area (Å²) < 4.78 is 37.7. The lowest BCUT2D eigenvalue weighted by atomic mass is 9.77. The molecule has 14 nitrogen and oxygen atoms in total. The molecule has 0 radical (unpaired) electrons. The number of carbonyl (C=O) groups excluding carboxylic acids is 5. The van der Waals surface area contributed by atoms with Gasteiger partial charge in [0.05, 0.1) is 23.9 Å². The summed E-state index contributed by atoms with van der Waals surface area (Å²) in [6.07, 6.45) is 1.25. The lowest BCUT2D eigenvalue weighted by molar-refractivity contribution is -0.297. The minimum Gasteiger partial charge on any atom is -0.457 e.